The van der Waals surface area contributed by atoms with Crippen LogP contribution >= 0.6 is 0 Å². The molecular formula is C22H27F3N4O2. The predicted octanol–water partition coefficient (Wildman–Crippen LogP) is 4.69. The first-order chi connectivity index (χ1) is 14.8. The lowest BCUT2D eigenvalue weighted by Crippen LogP contribution is -2.45. The highest BCUT2D eigenvalue weighted by Crippen LogP contribution is 2.34. The predicted molar refractivity (Wildman–Crippen MR) is 109 cm³/mol. The van der Waals surface area contributed by atoms with Gasteiger partial charge >= 0.3 is 6.36 Å². The monoisotopic (exact) mass is 436 g/mol. The molecule has 1 saturated carbocycles. The number of halogens is 3. The molecule has 1 aliphatic carbocycles. The van der Waals surface area contributed by atoms with E-state index < -0.39 is 6.36 Å². The van der Waals surface area contributed by atoms with Crippen LogP contribution in [0.2, 0.25) is 0 Å². The summed E-state index contributed by atoms with van der Waals surface area (Å²) < 4.78 is 43.4. The van der Waals surface area contributed by atoms with Crippen LogP contribution < -0.4 is 10.2 Å². The van der Waals surface area contributed by atoms with Crippen molar-refractivity contribution in [2.24, 2.45) is 5.92 Å². The number of hydrogen-bond acceptors (Lipinski definition) is 4. The summed E-state index contributed by atoms with van der Waals surface area (Å²) in [6.07, 6.45) is 1.95. The number of nitrogens with zero attached hydrogens (tertiary/aromatic N) is 3. The zero-order valence-electron chi connectivity index (χ0n) is 17.5. The summed E-state index contributed by atoms with van der Waals surface area (Å²) in [5, 5.41) is 1.93. The summed E-state index contributed by atoms with van der Waals surface area (Å²) in [6.45, 7) is 4.23. The summed E-state index contributed by atoms with van der Waals surface area (Å²) in [4.78, 5) is 17.5. The molecule has 2 aliphatic rings. The van der Waals surface area contributed by atoms with Crippen molar-refractivity contribution in [2.75, 3.05) is 13.1 Å². The second-order valence-corrected chi connectivity index (χ2v) is 8.31. The van der Waals surface area contributed by atoms with Gasteiger partial charge in [-0.1, -0.05) is 19.3 Å². The molecule has 168 valence electrons. The Morgan fingerprint density at radius 3 is 2.45 bits per heavy atom. The molecule has 1 saturated heterocycles. The number of hydrazine groups is 1. The molecule has 0 radical (unpaired) electrons. The van der Waals surface area contributed by atoms with Crippen molar-refractivity contribution < 1.29 is 22.7 Å². The summed E-state index contributed by atoms with van der Waals surface area (Å²) >= 11 is 0. The Bertz CT molecular complexity index is 914. The second kappa shape index (κ2) is 8.90. The standard InChI is InChI=1S/C22H27F3N4O2/c1-15-19(21(30)27-28-12-3-2-4-13-28)26-20(29(15)14-11-16-5-6-16)17-7-9-18(10-8-17)31-22(23,24)25/h7-10,16H,2-6,11-14H2,1H3,(H,27,30). The zero-order valence-corrected chi connectivity index (χ0v) is 17.5. The molecule has 0 spiro atoms. The number of imidazole rings is 1. The molecule has 2 heterocycles. The van der Waals surface area contributed by atoms with Crippen molar-refractivity contribution in [3.63, 3.8) is 0 Å². The Balaban J connectivity index is 1.59. The minimum absolute atomic E-state index is 0.247. The molecule has 4 rings (SSSR count). The molecule has 1 N–H and O–H groups in total. The van der Waals surface area contributed by atoms with Crippen molar-refractivity contribution in [2.45, 2.75) is 58.4 Å². The van der Waals surface area contributed by atoms with E-state index in [2.05, 4.69) is 15.1 Å². The molecule has 0 atom stereocenters. The van der Waals surface area contributed by atoms with Crippen molar-refractivity contribution in [1.82, 2.24) is 20.0 Å². The summed E-state index contributed by atoms with van der Waals surface area (Å²) in [5.41, 5.74) is 4.72. The first-order valence-corrected chi connectivity index (χ1v) is 10.8. The molecule has 6 nitrogen and oxygen atoms in total. The van der Waals surface area contributed by atoms with Gasteiger partial charge < -0.3 is 9.30 Å². The maximum absolute atomic E-state index is 12.9. The topological polar surface area (TPSA) is 59.4 Å². The first-order valence-electron chi connectivity index (χ1n) is 10.8. The highest BCUT2D eigenvalue weighted by atomic mass is 19.4. The number of rotatable bonds is 7. The number of amides is 1. The number of ether oxygens (including phenoxy) is 1. The summed E-state index contributed by atoms with van der Waals surface area (Å²) in [6, 6.07) is 5.63. The summed E-state index contributed by atoms with van der Waals surface area (Å²) in [7, 11) is 0. The van der Waals surface area contributed by atoms with Gasteiger partial charge in [0.2, 0.25) is 0 Å². The maximum atomic E-state index is 12.9. The molecule has 0 bridgehead atoms. The third kappa shape index (κ3) is 5.58. The number of aromatic nitrogens is 2. The van der Waals surface area contributed by atoms with E-state index in [1.165, 1.54) is 31.4 Å². The van der Waals surface area contributed by atoms with Crippen LogP contribution in [0.1, 0.15) is 54.7 Å². The fraction of sp³-hybridized carbons (Fsp3) is 0.545. The van der Waals surface area contributed by atoms with Crippen LogP contribution in [0.5, 0.6) is 5.75 Å². The Morgan fingerprint density at radius 2 is 1.84 bits per heavy atom. The molecular weight excluding hydrogens is 409 g/mol. The fourth-order valence-corrected chi connectivity index (χ4v) is 3.97. The third-order valence-electron chi connectivity index (χ3n) is 5.86. The van der Waals surface area contributed by atoms with Gasteiger partial charge in [0.05, 0.1) is 0 Å². The second-order valence-electron chi connectivity index (χ2n) is 8.31. The number of carbonyl (C=O) groups excluding carboxylic acids is 1. The molecule has 2 fully saturated rings. The van der Waals surface area contributed by atoms with Gasteiger partial charge in [-0.15, -0.1) is 13.2 Å². The van der Waals surface area contributed by atoms with Crippen LogP contribution in [0.4, 0.5) is 13.2 Å². The molecule has 31 heavy (non-hydrogen) atoms. The van der Waals surface area contributed by atoms with Gasteiger partial charge in [0.25, 0.3) is 5.91 Å². The Kier molecular flexibility index (Phi) is 6.22. The smallest absolute Gasteiger partial charge is 0.406 e. The molecule has 1 aliphatic heterocycles. The van der Waals surface area contributed by atoms with Gasteiger partial charge in [-0.2, -0.15) is 0 Å². The van der Waals surface area contributed by atoms with Crippen LogP contribution in [0, 0.1) is 12.8 Å². The van der Waals surface area contributed by atoms with Crippen LogP contribution in [0.15, 0.2) is 24.3 Å². The lowest BCUT2D eigenvalue weighted by atomic mass is 10.2. The number of alkyl halides is 3. The quantitative estimate of drug-likeness (QED) is 0.684. The number of piperidine rings is 1. The van der Waals surface area contributed by atoms with E-state index >= 15 is 0 Å². The van der Waals surface area contributed by atoms with Crippen LogP contribution in [-0.2, 0) is 6.54 Å². The minimum Gasteiger partial charge on any atom is -0.406 e. The van der Waals surface area contributed by atoms with E-state index in [0.29, 0.717) is 23.0 Å². The molecule has 2 aromatic rings. The van der Waals surface area contributed by atoms with E-state index in [1.54, 1.807) is 12.1 Å². The van der Waals surface area contributed by atoms with Crippen LogP contribution in [0.3, 0.4) is 0 Å². The Labute approximate surface area is 179 Å². The van der Waals surface area contributed by atoms with E-state index in [0.717, 1.165) is 44.6 Å². The third-order valence-corrected chi connectivity index (χ3v) is 5.86. The SMILES string of the molecule is Cc1c(C(=O)NN2CCCCC2)nc(-c2ccc(OC(F)(F)F)cc2)n1CCC1CC1. The zero-order chi connectivity index (χ0) is 22.0. The van der Waals surface area contributed by atoms with Crippen LogP contribution in [0.25, 0.3) is 11.4 Å². The lowest BCUT2D eigenvalue weighted by Gasteiger charge is -2.26. The van der Waals surface area contributed by atoms with Crippen molar-refractivity contribution in [3.8, 4) is 17.1 Å². The Morgan fingerprint density at radius 1 is 1.16 bits per heavy atom. The highest BCUT2D eigenvalue weighted by molar-refractivity contribution is 5.93. The Hall–Kier alpha value is -2.55. The highest BCUT2D eigenvalue weighted by Gasteiger charge is 2.31. The van der Waals surface area contributed by atoms with E-state index in [4.69, 9.17) is 0 Å². The molecule has 1 amide bonds. The van der Waals surface area contributed by atoms with Gasteiger partial charge in [0.1, 0.15) is 11.6 Å². The van der Waals surface area contributed by atoms with Crippen molar-refractivity contribution in [1.29, 1.82) is 0 Å². The largest absolute Gasteiger partial charge is 0.573 e. The summed E-state index contributed by atoms with van der Waals surface area (Å²) in [5.74, 6) is 0.748. The molecule has 1 aromatic heterocycles. The average molecular weight is 436 g/mol. The first kappa shape index (κ1) is 21.7. The van der Waals surface area contributed by atoms with Crippen molar-refractivity contribution in [3.05, 3.63) is 35.7 Å². The van der Waals surface area contributed by atoms with E-state index in [9.17, 15) is 18.0 Å². The lowest BCUT2D eigenvalue weighted by molar-refractivity contribution is -0.274. The number of nitrogens with one attached hydrogen (secondary N) is 1. The van der Waals surface area contributed by atoms with Gasteiger partial charge in [-0.05, 0) is 56.4 Å². The van der Waals surface area contributed by atoms with E-state index in [1.807, 2.05) is 16.5 Å². The van der Waals surface area contributed by atoms with Gasteiger partial charge in [0, 0.05) is 30.9 Å². The molecule has 0 unspecified atom stereocenters. The normalized spacial score (nSPS) is 17.5. The molecule has 1 aromatic carbocycles. The number of hydrogen-bond donors (Lipinski definition) is 1. The van der Waals surface area contributed by atoms with Gasteiger partial charge in [-0.3, -0.25) is 10.2 Å². The minimum atomic E-state index is -4.74. The fourth-order valence-electron chi connectivity index (χ4n) is 3.97. The van der Waals surface area contributed by atoms with Gasteiger partial charge in [0.15, 0.2) is 5.69 Å². The van der Waals surface area contributed by atoms with E-state index in [-0.39, 0.29) is 11.7 Å². The average Bonchev–Trinajstić information content (AvgIpc) is 3.49. The van der Waals surface area contributed by atoms with Crippen molar-refractivity contribution >= 4 is 5.91 Å². The number of carbonyl (C=O) groups is 1. The molecule has 9 heteroatoms. The van der Waals surface area contributed by atoms with Gasteiger partial charge in [-0.25, -0.2) is 9.99 Å². The number of benzene rings is 1. The maximum Gasteiger partial charge on any atom is 0.573 e. The van der Waals surface area contributed by atoms with Crippen LogP contribution in [-0.4, -0.2) is 39.9 Å².